The van der Waals surface area contributed by atoms with Gasteiger partial charge < -0.3 is 10.4 Å². The van der Waals surface area contributed by atoms with Crippen molar-refractivity contribution < 1.29 is 9.90 Å². The molecule has 0 rings (SSSR count). The van der Waals surface area contributed by atoms with Crippen LogP contribution < -0.4 is 5.32 Å². The summed E-state index contributed by atoms with van der Waals surface area (Å²) in [6.45, 7) is 9.66. The summed E-state index contributed by atoms with van der Waals surface area (Å²) in [4.78, 5) is 11.6. The highest BCUT2D eigenvalue weighted by Gasteiger charge is 2.22. The van der Waals surface area contributed by atoms with Gasteiger partial charge in [-0.05, 0) is 24.2 Å². The van der Waals surface area contributed by atoms with Crippen molar-refractivity contribution in [3.8, 4) is 0 Å². The number of carbonyl (C=O) groups is 1. The SMILES string of the molecule is CC(CC(=O)NCCCCCCO)C(C)(C)C. The van der Waals surface area contributed by atoms with Crippen molar-refractivity contribution in [3.63, 3.8) is 0 Å². The molecule has 102 valence electrons. The number of aliphatic hydroxyl groups excluding tert-OH is 1. The van der Waals surface area contributed by atoms with Gasteiger partial charge in [-0.3, -0.25) is 4.79 Å². The molecule has 3 heteroatoms. The lowest BCUT2D eigenvalue weighted by molar-refractivity contribution is -0.122. The van der Waals surface area contributed by atoms with Gasteiger partial charge in [-0.2, -0.15) is 0 Å². The van der Waals surface area contributed by atoms with Gasteiger partial charge in [-0.1, -0.05) is 40.5 Å². The number of rotatable bonds is 8. The predicted molar refractivity (Wildman–Crippen MR) is 71.8 cm³/mol. The summed E-state index contributed by atoms with van der Waals surface area (Å²) in [6, 6.07) is 0. The molecule has 0 radical (unpaired) electrons. The summed E-state index contributed by atoms with van der Waals surface area (Å²) < 4.78 is 0. The molecular weight excluding hydrogens is 214 g/mol. The Balaban J connectivity index is 3.53. The van der Waals surface area contributed by atoms with Gasteiger partial charge in [0.25, 0.3) is 0 Å². The molecule has 2 N–H and O–H groups in total. The molecule has 1 unspecified atom stereocenters. The first-order valence-corrected chi connectivity index (χ1v) is 6.75. The minimum Gasteiger partial charge on any atom is -0.396 e. The fraction of sp³-hybridized carbons (Fsp3) is 0.929. The van der Waals surface area contributed by atoms with Gasteiger partial charge in [0, 0.05) is 19.6 Å². The molecule has 17 heavy (non-hydrogen) atoms. The topological polar surface area (TPSA) is 49.3 Å². The molecule has 0 fully saturated rings. The van der Waals surface area contributed by atoms with E-state index in [0.29, 0.717) is 12.3 Å². The minimum absolute atomic E-state index is 0.162. The quantitative estimate of drug-likeness (QED) is 0.644. The molecule has 1 amide bonds. The maximum Gasteiger partial charge on any atom is 0.220 e. The lowest BCUT2D eigenvalue weighted by atomic mass is 9.80. The summed E-state index contributed by atoms with van der Waals surface area (Å²) in [5.41, 5.74) is 0.193. The summed E-state index contributed by atoms with van der Waals surface area (Å²) in [6.07, 6.45) is 4.62. The summed E-state index contributed by atoms with van der Waals surface area (Å²) in [5.74, 6) is 0.562. The van der Waals surface area contributed by atoms with Crippen molar-refractivity contribution in [1.82, 2.24) is 5.32 Å². The largest absolute Gasteiger partial charge is 0.396 e. The van der Waals surface area contributed by atoms with Crippen LogP contribution in [0.5, 0.6) is 0 Å². The lowest BCUT2D eigenvalue weighted by Crippen LogP contribution is -2.29. The van der Waals surface area contributed by atoms with E-state index in [2.05, 4.69) is 33.0 Å². The normalized spacial score (nSPS) is 13.5. The third-order valence-electron chi connectivity index (χ3n) is 3.38. The van der Waals surface area contributed by atoms with E-state index in [1.807, 2.05) is 0 Å². The number of hydrogen-bond donors (Lipinski definition) is 2. The average Bonchev–Trinajstić information content (AvgIpc) is 2.21. The number of amides is 1. The van der Waals surface area contributed by atoms with Crippen LogP contribution in [0.25, 0.3) is 0 Å². The summed E-state index contributed by atoms with van der Waals surface area (Å²) in [7, 11) is 0. The third kappa shape index (κ3) is 9.16. The molecule has 0 aliphatic carbocycles. The first kappa shape index (κ1) is 16.4. The van der Waals surface area contributed by atoms with Crippen LogP contribution in [0.15, 0.2) is 0 Å². The van der Waals surface area contributed by atoms with Crippen LogP contribution in [0.1, 0.15) is 59.8 Å². The molecule has 0 aliphatic heterocycles. The van der Waals surface area contributed by atoms with Crippen LogP contribution >= 0.6 is 0 Å². The molecule has 0 heterocycles. The highest BCUT2D eigenvalue weighted by Crippen LogP contribution is 2.27. The van der Waals surface area contributed by atoms with Crippen LogP contribution in [0.4, 0.5) is 0 Å². The van der Waals surface area contributed by atoms with Gasteiger partial charge >= 0.3 is 0 Å². The standard InChI is InChI=1S/C14H29NO2/c1-12(14(2,3)4)11-13(17)15-9-7-5-6-8-10-16/h12,16H,5-11H2,1-4H3,(H,15,17). The summed E-state index contributed by atoms with van der Waals surface area (Å²) >= 11 is 0. The Labute approximate surface area is 106 Å². The number of carbonyl (C=O) groups excluding carboxylic acids is 1. The molecule has 0 aromatic heterocycles. The van der Waals surface area contributed by atoms with Crippen molar-refractivity contribution in [2.24, 2.45) is 11.3 Å². The lowest BCUT2D eigenvalue weighted by Gasteiger charge is -2.26. The number of nitrogens with one attached hydrogen (secondary N) is 1. The number of aliphatic hydroxyl groups is 1. The molecular formula is C14H29NO2. The highest BCUT2D eigenvalue weighted by molar-refractivity contribution is 5.76. The molecule has 0 aromatic rings. The fourth-order valence-corrected chi connectivity index (χ4v) is 1.47. The minimum atomic E-state index is 0.162. The maximum atomic E-state index is 11.6. The first-order chi connectivity index (χ1) is 7.88. The molecule has 0 aliphatic rings. The molecule has 0 spiro atoms. The van der Waals surface area contributed by atoms with Gasteiger partial charge in [0.15, 0.2) is 0 Å². The van der Waals surface area contributed by atoms with Gasteiger partial charge in [0.05, 0.1) is 0 Å². The zero-order chi connectivity index (χ0) is 13.3. The molecule has 0 saturated carbocycles. The van der Waals surface area contributed by atoms with Crippen LogP contribution in [-0.4, -0.2) is 24.2 Å². The van der Waals surface area contributed by atoms with Crippen molar-refractivity contribution in [3.05, 3.63) is 0 Å². The molecule has 0 bridgehead atoms. The van der Waals surface area contributed by atoms with Crippen LogP contribution in [0, 0.1) is 11.3 Å². The molecule has 0 aromatic carbocycles. The molecule has 1 atom stereocenters. The molecule has 3 nitrogen and oxygen atoms in total. The molecule has 0 saturated heterocycles. The number of unbranched alkanes of at least 4 members (excludes halogenated alkanes) is 3. The van der Waals surface area contributed by atoms with E-state index < -0.39 is 0 Å². The van der Waals surface area contributed by atoms with E-state index in [1.165, 1.54) is 0 Å². The highest BCUT2D eigenvalue weighted by atomic mass is 16.2. The Morgan fingerprint density at radius 1 is 1.18 bits per heavy atom. The van der Waals surface area contributed by atoms with E-state index in [-0.39, 0.29) is 17.9 Å². The zero-order valence-corrected chi connectivity index (χ0v) is 11.9. The van der Waals surface area contributed by atoms with E-state index in [4.69, 9.17) is 5.11 Å². The summed E-state index contributed by atoms with van der Waals surface area (Å²) in [5, 5.41) is 11.6. The van der Waals surface area contributed by atoms with Crippen molar-refractivity contribution in [2.45, 2.75) is 59.8 Å². The predicted octanol–water partition coefficient (Wildman–Crippen LogP) is 2.73. The van der Waals surface area contributed by atoms with Crippen molar-refractivity contribution >= 4 is 5.91 Å². The monoisotopic (exact) mass is 243 g/mol. The van der Waals surface area contributed by atoms with Gasteiger partial charge in [0.1, 0.15) is 0 Å². The Morgan fingerprint density at radius 2 is 1.76 bits per heavy atom. The van der Waals surface area contributed by atoms with Crippen LogP contribution in [0.3, 0.4) is 0 Å². The second-order valence-electron chi connectivity index (χ2n) is 5.96. The maximum absolute atomic E-state index is 11.6. The van der Waals surface area contributed by atoms with E-state index >= 15 is 0 Å². The van der Waals surface area contributed by atoms with Crippen molar-refractivity contribution in [2.75, 3.05) is 13.2 Å². The second-order valence-corrected chi connectivity index (χ2v) is 5.96. The van der Waals surface area contributed by atoms with Gasteiger partial charge in [0.2, 0.25) is 5.91 Å². The smallest absolute Gasteiger partial charge is 0.220 e. The Bertz CT molecular complexity index is 209. The first-order valence-electron chi connectivity index (χ1n) is 6.75. The third-order valence-corrected chi connectivity index (χ3v) is 3.38. The Hall–Kier alpha value is -0.570. The van der Waals surface area contributed by atoms with Crippen molar-refractivity contribution in [1.29, 1.82) is 0 Å². The average molecular weight is 243 g/mol. The number of hydrogen-bond acceptors (Lipinski definition) is 2. The van der Waals surface area contributed by atoms with E-state index in [0.717, 1.165) is 32.2 Å². The van der Waals surface area contributed by atoms with E-state index in [1.54, 1.807) is 0 Å². The zero-order valence-electron chi connectivity index (χ0n) is 11.9. The van der Waals surface area contributed by atoms with Crippen LogP contribution in [0.2, 0.25) is 0 Å². The van der Waals surface area contributed by atoms with E-state index in [9.17, 15) is 4.79 Å². The van der Waals surface area contributed by atoms with Gasteiger partial charge in [-0.15, -0.1) is 0 Å². The van der Waals surface area contributed by atoms with Gasteiger partial charge in [-0.25, -0.2) is 0 Å². The Morgan fingerprint density at radius 3 is 2.29 bits per heavy atom. The Kier molecular flexibility index (Phi) is 8.23. The van der Waals surface area contributed by atoms with Crippen LogP contribution in [-0.2, 0) is 4.79 Å². The fourth-order valence-electron chi connectivity index (χ4n) is 1.47. The second kappa shape index (κ2) is 8.51.